The first-order valence-corrected chi connectivity index (χ1v) is 15.0. The van der Waals surface area contributed by atoms with Gasteiger partial charge in [0.15, 0.2) is 6.29 Å². The summed E-state index contributed by atoms with van der Waals surface area (Å²) in [4.78, 5) is 57.4. The highest BCUT2D eigenvalue weighted by molar-refractivity contribution is 5.88. The summed E-state index contributed by atoms with van der Waals surface area (Å²) in [6.07, 6.45) is 0.899. The quantitative estimate of drug-likeness (QED) is 0.159. The van der Waals surface area contributed by atoms with Gasteiger partial charge in [0.1, 0.15) is 0 Å². The van der Waals surface area contributed by atoms with Crippen molar-refractivity contribution in [2.45, 2.75) is 40.7 Å². The molecule has 0 saturated carbocycles. The molecule has 1 aliphatic heterocycles. The zero-order chi connectivity index (χ0) is 33.2. The average Bonchev–Trinajstić information content (AvgIpc) is 3.04. The zero-order valence-corrected chi connectivity index (χ0v) is 26.5. The van der Waals surface area contributed by atoms with Crippen LogP contribution in [0.3, 0.4) is 0 Å². The molecule has 5 rings (SSSR count). The molecule has 3 aromatic carbocycles. The van der Waals surface area contributed by atoms with E-state index in [9.17, 15) is 19.2 Å². The number of benzene rings is 3. The van der Waals surface area contributed by atoms with Crippen molar-refractivity contribution in [1.82, 2.24) is 14.9 Å². The summed E-state index contributed by atoms with van der Waals surface area (Å²) in [5, 5.41) is 9.07. The minimum Gasteiger partial charge on any atom is -0.478 e. The van der Waals surface area contributed by atoms with Crippen LogP contribution < -0.4 is 4.90 Å². The van der Waals surface area contributed by atoms with Gasteiger partial charge in [-0.1, -0.05) is 42.5 Å². The summed E-state index contributed by atoms with van der Waals surface area (Å²) in [5.74, 6) is -2.13. The lowest BCUT2D eigenvalue weighted by Crippen LogP contribution is -2.46. The number of aromatic carboxylic acids is 1. The van der Waals surface area contributed by atoms with E-state index in [1.54, 1.807) is 19.1 Å². The maximum absolute atomic E-state index is 11.3. The standard InChI is InChI=1S/C25H24N2O3.C11H14N2O3/c28-18-23-5-1-2-7-24(23)27-14-12-26(13-15-27)17-19-4-3-6-22(16-19)20-8-10-21(11-9-20)25(29)30;1-6-7(2)13-10(8(3)12-6)5-11(15)16-9(4)14/h1-11,16,18H,12-15,17H2,(H,29,30);5H2,1-4H3. The molecule has 1 N–H and O–H groups in total. The molecule has 0 atom stereocenters. The minimum atomic E-state index is -0.912. The molecule has 10 heteroatoms. The number of carboxylic acids is 1. The van der Waals surface area contributed by atoms with Crippen molar-refractivity contribution in [2.75, 3.05) is 31.1 Å². The number of piperazine rings is 1. The number of esters is 2. The first-order chi connectivity index (χ1) is 22.0. The van der Waals surface area contributed by atoms with Crippen molar-refractivity contribution in [2.24, 2.45) is 0 Å². The molecule has 0 unspecified atom stereocenters. The highest BCUT2D eigenvalue weighted by Gasteiger charge is 2.19. The number of aryl methyl sites for hydroxylation is 3. The third-order valence-corrected chi connectivity index (χ3v) is 7.72. The lowest BCUT2D eigenvalue weighted by molar-refractivity contribution is -0.157. The van der Waals surface area contributed by atoms with E-state index in [0.717, 1.165) is 72.8 Å². The van der Waals surface area contributed by atoms with E-state index < -0.39 is 17.9 Å². The number of anilines is 1. The van der Waals surface area contributed by atoms with E-state index in [1.165, 1.54) is 12.5 Å². The third kappa shape index (κ3) is 9.15. The Hall–Kier alpha value is -5.22. The first-order valence-electron chi connectivity index (χ1n) is 15.0. The normalized spacial score (nSPS) is 12.9. The second-order valence-electron chi connectivity index (χ2n) is 11.1. The molecule has 0 aliphatic carbocycles. The van der Waals surface area contributed by atoms with Gasteiger partial charge in [0, 0.05) is 50.9 Å². The molecule has 0 bridgehead atoms. The molecule has 1 aromatic heterocycles. The average molecular weight is 623 g/mol. The van der Waals surface area contributed by atoms with Gasteiger partial charge in [-0.25, -0.2) is 4.79 Å². The van der Waals surface area contributed by atoms with Crippen LogP contribution >= 0.6 is 0 Å². The predicted octanol–water partition coefficient (Wildman–Crippen LogP) is 5.22. The Morgan fingerprint density at radius 1 is 0.826 bits per heavy atom. The van der Waals surface area contributed by atoms with E-state index in [1.807, 2.05) is 62.4 Å². The van der Waals surface area contributed by atoms with Crippen LogP contribution in [0, 0.1) is 20.8 Å². The summed E-state index contributed by atoms with van der Waals surface area (Å²) >= 11 is 0. The van der Waals surface area contributed by atoms with Crippen LogP contribution in [0.5, 0.6) is 0 Å². The summed E-state index contributed by atoms with van der Waals surface area (Å²) in [5.41, 5.74) is 8.22. The van der Waals surface area contributed by atoms with Gasteiger partial charge in [0.2, 0.25) is 0 Å². The van der Waals surface area contributed by atoms with Crippen molar-refractivity contribution in [3.63, 3.8) is 0 Å². The van der Waals surface area contributed by atoms with Gasteiger partial charge in [-0.15, -0.1) is 0 Å². The first kappa shape index (κ1) is 33.7. The van der Waals surface area contributed by atoms with Gasteiger partial charge in [0.25, 0.3) is 0 Å². The summed E-state index contributed by atoms with van der Waals surface area (Å²) in [6.45, 7) is 11.2. The lowest BCUT2D eigenvalue weighted by Gasteiger charge is -2.36. The molecule has 2 heterocycles. The number of nitrogens with zero attached hydrogens (tertiary/aromatic N) is 4. The lowest BCUT2D eigenvalue weighted by atomic mass is 10.0. The molecule has 0 spiro atoms. The van der Waals surface area contributed by atoms with E-state index in [0.29, 0.717) is 17.0 Å². The van der Waals surface area contributed by atoms with Gasteiger partial charge in [0.05, 0.1) is 34.8 Å². The van der Waals surface area contributed by atoms with Crippen molar-refractivity contribution in [3.05, 3.63) is 112 Å². The van der Waals surface area contributed by atoms with Crippen LogP contribution in [0.4, 0.5) is 5.69 Å². The van der Waals surface area contributed by atoms with Crippen molar-refractivity contribution < 1.29 is 29.0 Å². The maximum Gasteiger partial charge on any atom is 0.335 e. The van der Waals surface area contributed by atoms with Crippen LogP contribution in [-0.4, -0.2) is 70.3 Å². The second kappa shape index (κ2) is 15.7. The number of aldehydes is 1. The monoisotopic (exact) mass is 622 g/mol. The Morgan fingerprint density at radius 2 is 1.50 bits per heavy atom. The van der Waals surface area contributed by atoms with Crippen LogP contribution in [0.1, 0.15) is 56.0 Å². The van der Waals surface area contributed by atoms with E-state index in [4.69, 9.17) is 5.11 Å². The highest BCUT2D eigenvalue weighted by atomic mass is 16.6. The Morgan fingerprint density at radius 3 is 2.15 bits per heavy atom. The van der Waals surface area contributed by atoms with Gasteiger partial charge in [-0.2, -0.15) is 0 Å². The number of aromatic nitrogens is 2. The van der Waals surface area contributed by atoms with Gasteiger partial charge in [-0.05, 0) is 67.8 Å². The van der Waals surface area contributed by atoms with E-state index in [2.05, 4.69) is 36.6 Å². The molecular weight excluding hydrogens is 584 g/mol. The fraction of sp³-hybridized carbons (Fsp3) is 0.278. The number of hydrogen-bond acceptors (Lipinski definition) is 9. The van der Waals surface area contributed by atoms with Crippen LogP contribution in [0.15, 0.2) is 72.8 Å². The van der Waals surface area contributed by atoms with Crippen LogP contribution in [0.25, 0.3) is 11.1 Å². The largest absolute Gasteiger partial charge is 0.478 e. The van der Waals surface area contributed by atoms with E-state index >= 15 is 0 Å². The summed E-state index contributed by atoms with van der Waals surface area (Å²) in [7, 11) is 0. The number of rotatable bonds is 8. The highest BCUT2D eigenvalue weighted by Crippen LogP contribution is 2.24. The Kier molecular flexibility index (Phi) is 11.5. The van der Waals surface area contributed by atoms with Crippen LogP contribution in [0.2, 0.25) is 0 Å². The second-order valence-corrected chi connectivity index (χ2v) is 11.1. The molecule has 1 aliphatic rings. The van der Waals surface area contributed by atoms with Crippen molar-refractivity contribution >= 4 is 29.9 Å². The molecular formula is C36H38N4O6. The van der Waals surface area contributed by atoms with Gasteiger partial charge in [-0.3, -0.25) is 29.3 Å². The SMILES string of the molecule is CC(=O)OC(=O)Cc1nc(C)c(C)nc1C.O=Cc1ccccc1N1CCN(Cc2cccc(-c3ccc(C(=O)O)cc3)c2)CC1. The number of para-hydroxylation sites is 1. The Balaban J connectivity index is 0.000000254. The summed E-state index contributed by atoms with van der Waals surface area (Å²) < 4.78 is 4.43. The molecule has 1 fully saturated rings. The van der Waals surface area contributed by atoms with Gasteiger partial charge < -0.3 is 14.7 Å². The molecule has 0 amide bonds. The van der Waals surface area contributed by atoms with Crippen molar-refractivity contribution in [3.8, 4) is 11.1 Å². The number of ether oxygens (including phenoxy) is 1. The molecule has 1 saturated heterocycles. The van der Waals surface area contributed by atoms with Gasteiger partial charge >= 0.3 is 17.9 Å². The maximum atomic E-state index is 11.3. The Labute approximate surface area is 268 Å². The smallest absolute Gasteiger partial charge is 0.335 e. The fourth-order valence-corrected chi connectivity index (χ4v) is 5.20. The number of hydrogen-bond donors (Lipinski definition) is 1. The summed E-state index contributed by atoms with van der Waals surface area (Å²) in [6, 6.07) is 23.1. The fourth-order valence-electron chi connectivity index (χ4n) is 5.20. The molecule has 4 aromatic rings. The number of carboxylic acid groups (broad SMARTS) is 1. The minimum absolute atomic E-state index is 0.0282. The van der Waals surface area contributed by atoms with Crippen LogP contribution in [-0.2, 0) is 27.3 Å². The number of carbonyl (C=O) groups is 4. The third-order valence-electron chi connectivity index (χ3n) is 7.72. The van der Waals surface area contributed by atoms with E-state index in [-0.39, 0.29) is 6.42 Å². The topological polar surface area (TPSA) is 130 Å². The zero-order valence-electron chi connectivity index (χ0n) is 26.5. The predicted molar refractivity (Wildman–Crippen MR) is 175 cm³/mol. The molecule has 0 radical (unpaired) electrons. The molecule has 238 valence electrons. The number of carbonyl (C=O) groups excluding carboxylic acids is 3. The molecule has 10 nitrogen and oxygen atoms in total. The Bertz CT molecular complexity index is 1710. The molecule has 46 heavy (non-hydrogen) atoms. The van der Waals surface area contributed by atoms with Crippen molar-refractivity contribution in [1.29, 1.82) is 0 Å².